The number of halogens is 1. The zero-order valence-corrected chi connectivity index (χ0v) is 8.65. The van der Waals surface area contributed by atoms with Gasteiger partial charge >= 0.3 is 0 Å². The lowest BCUT2D eigenvalue weighted by atomic mass is 10.2. The molecule has 1 heterocycles. The summed E-state index contributed by atoms with van der Waals surface area (Å²) in [6.45, 7) is 0.131. The summed E-state index contributed by atoms with van der Waals surface area (Å²) in [7, 11) is 0. The molecule has 0 aliphatic rings. The summed E-state index contributed by atoms with van der Waals surface area (Å²) in [5.41, 5.74) is 0. The SMILES string of the molecule is OCc1cc2c(Br)cccc2s1. The third-order valence-corrected chi connectivity index (χ3v) is 3.49. The van der Waals surface area contributed by atoms with E-state index >= 15 is 0 Å². The van der Waals surface area contributed by atoms with Crippen LogP contribution in [0.1, 0.15) is 4.88 Å². The molecule has 0 spiro atoms. The van der Waals surface area contributed by atoms with Crippen LogP contribution in [0.15, 0.2) is 28.7 Å². The van der Waals surface area contributed by atoms with E-state index < -0.39 is 0 Å². The van der Waals surface area contributed by atoms with E-state index in [1.165, 1.54) is 10.1 Å². The molecule has 0 bridgehead atoms. The van der Waals surface area contributed by atoms with E-state index in [1.807, 2.05) is 18.2 Å². The molecule has 1 N–H and O–H groups in total. The van der Waals surface area contributed by atoms with Gasteiger partial charge in [0.15, 0.2) is 0 Å². The molecule has 2 rings (SSSR count). The van der Waals surface area contributed by atoms with Crippen LogP contribution in [0.3, 0.4) is 0 Å². The highest BCUT2D eigenvalue weighted by Crippen LogP contribution is 2.30. The summed E-state index contributed by atoms with van der Waals surface area (Å²) in [4.78, 5) is 1.01. The van der Waals surface area contributed by atoms with Crippen LogP contribution in [0.5, 0.6) is 0 Å². The minimum atomic E-state index is 0.131. The van der Waals surface area contributed by atoms with Crippen LogP contribution < -0.4 is 0 Å². The summed E-state index contributed by atoms with van der Waals surface area (Å²) >= 11 is 5.10. The monoisotopic (exact) mass is 242 g/mol. The van der Waals surface area contributed by atoms with Gasteiger partial charge in [-0.1, -0.05) is 22.0 Å². The molecule has 0 fully saturated rings. The average Bonchev–Trinajstić information content (AvgIpc) is 2.49. The molecule has 1 aromatic carbocycles. The number of benzene rings is 1. The molecule has 1 nitrogen and oxygen atoms in total. The van der Waals surface area contributed by atoms with Gasteiger partial charge in [-0.25, -0.2) is 0 Å². The molecule has 2 aromatic rings. The van der Waals surface area contributed by atoms with Crippen LogP contribution >= 0.6 is 27.3 Å². The summed E-state index contributed by atoms with van der Waals surface area (Å²) in [6.07, 6.45) is 0. The van der Waals surface area contributed by atoms with Crippen molar-refractivity contribution >= 4 is 37.4 Å². The lowest BCUT2D eigenvalue weighted by Crippen LogP contribution is -1.70. The fourth-order valence-corrected chi connectivity index (χ4v) is 2.72. The van der Waals surface area contributed by atoms with E-state index in [-0.39, 0.29) is 6.61 Å². The summed E-state index contributed by atoms with van der Waals surface area (Å²) in [5, 5.41) is 10.1. The van der Waals surface area contributed by atoms with Crippen LogP contribution in [-0.4, -0.2) is 5.11 Å². The summed E-state index contributed by atoms with van der Waals surface area (Å²) in [6, 6.07) is 8.09. The molecule has 0 unspecified atom stereocenters. The Morgan fingerprint density at radius 2 is 2.25 bits per heavy atom. The standard InChI is InChI=1S/C9H7BrOS/c10-8-2-1-3-9-7(8)4-6(5-11)12-9/h1-4,11H,5H2. The highest BCUT2D eigenvalue weighted by Gasteiger charge is 2.02. The molecule has 0 amide bonds. The minimum Gasteiger partial charge on any atom is -0.391 e. The van der Waals surface area contributed by atoms with Gasteiger partial charge in [0.2, 0.25) is 0 Å². The van der Waals surface area contributed by atoms with E-state index in [0.29, 0.717) is 0 Å². The topological polar surface area (TPSA) is 20.2 Å². The zero-order chi connectivity index (χ0) is 8.55. The normalized spacial score (nSPS) is 10.8. The second kappa shape index (κ2) is 3.17. The van der Waals surface area contributed by atoms with Crippen molar-refractivity contribution in [2.45, 2.75) is 6.61 Å². The first kappa shape index (κ1) is 8.23. The predicted octanol–water partition coefficient (Wildman–Crippen LogP) is 3.16. The summed E-state index contributed by atoms with van der Waals surface area (Å²) in [5.74, 6) is 0. The van der Waals surface area contributed by atoms with E-state index in [1.54, 1.807) is 11.3 Å². The molecule has 12 heavy (non-hydrogen) atoms. The number of hydrogen-bond donors (Lipinski definition) is 1. The maximum atomic E-state index is 8.92. The minimum absolute atomic E-state index is 0.131. The number of thiophene rings is 1. The Morgan fingerprint density at radius 3 is 2.92 bits per heavy atom. The van der Waals surface area contributed by atoms with E-state index in [4.69, 9.17) is 5.11 Å². The van der Waals surface area contributed by atoms with Gasteiger partial charge in [-0.15, -0.1) is 11.3 Å². The third-order valence-electron chi connectivity index (χ3n) is 1.72. The number of aliphatic hydroxyl groups excluding tert-OH is 1. The van der Waals surface area contributed by atoms with Gasteiger partial charge in [0.05, 0.1) is 6.61 Å². The van der Waals surface area contributed by atoms with Gasteiger partial charge in [-0.3, -0.25) is 0 Å². The molecule has 0 aliphatic carbocycles. The molecule has 62 valence electrons. The lowest BCUT2D eigenvalue weighted by Gasteiger charge is -1.89. The Kier molecular flexibility index (Phi) is 2.17. The van der Waals surface area contributed by atoms with Crippen LogP contribution in [0.4, 0.5) is 0 Å². The molecule has 0 saturated heterocycles. The number of hydrogen-bond acceptors (Lipinski definition) is 2. The molecule has 0 radical (unpaired) electrons. The van der Waals surface area contributed by atoms with Gasteiger partial charge in [0.25, 0.3) is 0 Å². The molecular weight excluding hydrogens is 236 g/mol. The highest BCUT2D eigenvalue weighted by molar-refractivity contribution is 9.10. The Morgan fingerprint density at radius 1 is 1.42 bits per heavy atom. The van der Waals surface area contributed by atoms with Crippen molar-refractivity contribution in [3.8, 4) is 0 Å². The Balaban J connectivity index is 2.74. The number of rotatable bonds is 1. The van der Waals surface area contributed by atoms with Crippen LogP contribution in [0.25, 0.3) is 10.1 Å². The van der Waals surface area contributed by atoms with E-state index in [0.717, 1.165) is 9.35 Å². The van der Waals surface area contributed by atoms with Gasteiger partial charge in [0.1, 0.15) is 0 Å². The van der Waals surface area contributed by atoms with Gasteiger partial charge in [-0.2, -0.15) is 0 Å². The second-order valence-electron chi connectivity index (χ2n) is 2.52. The van der Waals surface area contributed by atoms with Gasteiger partial charge in [0, 0.05) is 19.4 Å². The quantitative estimate of drug-likeness (QED) is 0.815. The first-order valence-electron chi connectivity index (χ1n) is 3.59. The number of aliphatic hydroxyl groups is 1. The van der Waals surface area contributed by atoms with Crippen molar-refractivity contribution in [1.82, 2.24) is 0 Å². The largest absolute Gasteiger partial charge is 0.391 e. The van der Waals surface area contributed by atoms with E-state index in [2.05, 4.69) is 22.0 Å². The van der Waals surface area contributed by atoms with Crippen molar-refractivity contribution in [2.75, 3.05) is 0 Å². The molecular formula is C9H7BrOS. The Bertz CT molecular complexity index is 408. The van der Waals surface area contributed by atoms with Crippen molar-refractivity contribution in [2.24, 2.45) is 0 Å². The molecule has 3 heteroatoms. The first-order valence-corrected chi connectivity index (χ1v) is 5.20. The fourth-order valence-electron chi connectivity index (χ4n) is 1.16. The summed E-state index contributed by atoms with van der Waals surface area (Å²) < 4.78 is 2.31. The average molecular weight is 243 g/mol. The zero-order valence-electron chi connectivity index (χ0n) is 6.25. The van der Waals surface area contributed by atoms with Crippen LogP contribution in [0.2, 0.25) is 0 Å². The van der Waals surface area contributed by atoms with Crippen molar-refractivity contribution in [3.63, 3.8) is 0 Å². The van der Waals surface area contributed by atoms with Gasteiger partial charge in [-0.05, 0) is 18.2 Å². The third kappa shape index (κ3) is 1.28. The Labute approximate surface area is 82.8 Å². The van der Waals surface area contributed by atoms with Crippen LogP contribution in [0, 0.1) is 0 Å². The molecule has 0 aliphatic heterocycles. The fraction of sp³-hybridized carbons (Fsp3) is 0.111. The van der Waals surface area contributed by atoms with Crippen molar-refractivity contribution in [3.05, 3.63) is 33.6 Å². The highest BCUT2D eigenvalue weighted by atomic mass is 79.9. The maximum absolute atomic E-state index is 8.92. The predicted molar refractivity (Wildman–Crippen MR) is 55.4 cm³/mol. The maximum Gasteiger partial charge on any atom is 0.0774 e. The van der Waals surface area contributed by atoms with Crippen molar-refractivity contribution < 1.29 is 5.11 Å². The first-order chi connectivity index (χ1) is 5.81. The molecule has 0 saturated carbocycles. The smallest absolute Gasteiger partial charge is 0.0774 e. The van der Waals surface area contributed by atoms with Crippen molar-refractivity contribution in [1.29, 1.82) is 0 Å². The van der Waals surface area contributed by atoms with Crippen LogP contribution in [-0.2, 0) is 6.61 Å². The molecule has 1 aromatic heterocycles. The second-order valence-corrected chi connectivity index (χ2v) is 4.55. The molecule has 0 atom stereocenters. The number of fused-ring (bicyclic) bond motifs is 1. The Hall–Kier alpha value is -0.380. The van der Waals surface area contributed by atoms with Gasteiger partial charge < -0.3 is 5.11 Å². The van der Waals surface area contributed by atoms with E-state index in [9.17, 15) is 0 Å². The lowest BCUT2D eigenvalue weighted by molar-refractivity contribution is 0.285.